The van der Waals surface area contributed by atoms with Gasteiger partial charge in [-0.05, 0) is 129 Å². The van der Waals surface area contributed by atoms with Crippen LogP contribution in [0.3, 0.4) is 0 Å². The van der Waals surface area contributed by atoms with Gasteiger partial charge in [-0.3, -0.25) is 9.59 Å². The monoisotopic (exact) mass is 811 g/mol. The minimum atomic E-state index is -1.19. The molecule has 4 bridgehead atoms. The van der Waals surface area contributed by atoms with Crippen molar-refractivity contribution in [3.63, 3.8) is 0 Å². The Morgan fingerprint density at radius 1 is 0.917 bits per heavy atom. The van der Waals surface area contributed by atoms with E-state index in [2.05, 4.69) is 9.97 Å². The van der Waals surface area contributed by atoms with Crippen molar-refractivity contribution in [1.29, 1.82) is 0 Å². The molecule has 8 rings (SSSR count). The number of ether oxygens (including phenoxy) is 1. The number of Topliss-reactive ketones (excluding diaryl/α,β-unsaturated/α-hetero) is 2. The molecule has 5 aromatic rings. The molecule has 11 heteroatoms. The molecule has 1 aliphatic heterocycles. The number of carbonyl (C=O) groups is 2. The van der Waals surface area contributed by atoms with Crippen molar-refractivity contribution in [2.75, 3.05) is 13.2 Å². The van der Waals surface area contributed by atoms with Crippen molar-refractivity contribution in [1.82, 2.24) is 9.97 Å². The minimum Gasteiger partial charge on any atom is -0.664 e. The van der Waals surface area contributed by atoms with Gasteiger partial charge in [-0.15, -0.1) is 5.69 Å². The lowest BCUT2D eigenvalue weighted by Gasteiger charge is -2.38. The van der Waals surface area contributed by atoms with Gasteiger partial charge >= 0.3 is 0 Å². The molecule has 0 spiro atoms. The molecule has 3 aliphatic rings. The first-order chi connectivity index (χ1) is 29.1. The molecule has 0 radical (unpaired) electrons. The summed E-state index contributed by atoms with van der Waals surface area (Å²) in [6.07, 6.45) is 8.79. The number of aromatic hydroxyl groups is 2. The van der Waals surface area contributed by atoms with Gasteiger partial charge in [-0.1, -0.05) is 77.8 Å². The second-order valence-electron chi connectivity index (χ2n) is 16.7. The number of nitrogens with one attached hydrogen (secondary N) is 1. The minimum absolute atomic E-state index is 0.0303. The number of benzene rings is 3. The van der Waals surface area contributed by atoms with Crippen LogP contribution in [-0.4, -0.2) is 67.4 Å². The van der Waals surface area contributed by atoms with Crippen molar-refractivity contribution in [3.05, 3.63) is 141 Å². The molecular weight excluding hydrogens is 759 g/mol. The van der Waals surface area contributed by atoms with E-state index in [0.29, 0.717) is 47.5 Å². The lowest BCUT2D eigenvalue weighted by Crippen LogP contribution is -2.38. The Kier molecular flexibility index (Phi) is 12.6. The molecule has 3 heterocycles. The number of aromatic amines is 1. The van der Waals surface area contributed by atoms with E-state index >= 15 is 4.79 Å². The maximum atomic E-state index is 15.1. The van der Waals surface area contributed by atoms with Crippen molar-refractivity contribution in [2.45, 2.75) is 94.9 Å². The van der Waals surface area contributed by atoms with Crippen LogP contribution in [0.15, 0.2) is 90.8 Å². The van der Waals surface area contributed by atoms with Crippen LogP contribution in [0.2, 0.25) is 0 Å². The quantitative estimate of drug-likeness (QED) is 0.0813. The molecule has 6 N–H and O–H groups in total. The summed E-state index contributed by atoms with van der Waals surface area (Å²) in [6, 6.07) is 21.8. The number of ketones is 2. The highest BCUT2D eigenvalue weighted by atomic mass is 16.5. The largest absolute Gasteiger partial charge is 0.664 e. The molecule has 0 saturated heterocycles. The van der Waals surface area contributed by atoms with Gasteiger partial charge in [-0.2, -0.15) is 6.20 Å². The Morgan fingerprint density at radius 3 is 2.57 bits per heavy atom. The number of aliphatic hydroxyl groups excluding tert-OH is 3. The van der Waals surface area contributed by atoms with E-state index in [9.17, 15) is 30.3 Å². The average molecular weight is 812 g/mol. The number of hydrogen-bond donors (Lipinski definition) is 6. The van der Waals surface area contributed by atoms with E-state index in [1.165, 1.54) is 0 Å². The Morgan fingerprint density at radius 2 is 1.75 bits per heavy atom. The maximum Gasteiger partial charge on any atom is 0.163 e. The first-order valence-electron chi connectivity index (χ1n) is 21.2. The average Bonchev–Trinajstić information content (AvgIpc) is 4.04. The Balaban J connectivity index is 1.17. The summed E-state index contributed by atoms with van der Waals surface area (Å²) in [4.78, 5) is 37.4. The molecule has 2 aliphatic carbocycles. The number of aliphatic hydroxyl groups is 3. The van der Waals surface area contributed by atoms with Gasteiger partial charge in [-0.25, -0.2) is 0 Å². The zero-order valence-electron chi connectivity index (χ0n) is 33.7. The van der Waals surface area contributed by atoms with Crippen LogP contribution in [0.1, 0.15) is 108 Å². The molecule has 1 fully saturated rings. The van der Waals surface area contributed by atoms with Gasteiger partial charge in [0.15, 0.2) is 17.3 Å². The van der Waals surface area contributed by atoms with Gasteiger partial charge in [0.05, 0.1) is 18.1 Å². The zero-order valence-corrected chi connectivity index (χ0v) is 33.7. The third-order valence-electron chi connectivity index (χ3n) is 12.6. The van der Waals surface area contributed by atoms with Crippen LogP contribution in [-0.2, 0) is 28.9 Å². The van der Waals surface area contributed by atoms with Crippen LogP contribution in [0.5, 0.6) is 17.2 Å². The molecule has 0 amide bonds. The summed E-state index contributed by atoms with van der Waals surface area (Å²) in [7, 11) is 0. The number of nitrogens with zero attached hydrogens (tertiary/aromatic N) is 2. The lowest BCUT2D eigenvalue weighted by atomic mass is 9.68. The zero-order chi connectivity index (χ0) is 41.8. The van der Waals surface area contributed by atoms with E-state index in [1.807, 2.05) is 54.7 Å². The van der Waals surface area contributed by atoms with Crippen molar-refractivity contribution in [2.24, 2.45) is 11.8 Å². The molecule has 3 aromatic carbocycles. The van der Waals surface area contributed by atoms with Gasteiger partial charge < -0.3 is 45.6 Å². The van der Waals surface area contributed by atoms with Crippen molar-refractivity contribution < 1.29 is 39.9 Å². The van der Waals surface area contributed by atoms with Crippen LogP contribution in [0.4, 0.5) is 5.82 Å². The highest BCUT2D eigenvalue weighted by molar-refractivity contribution is 6.05. The summed E-state index contributed by atoms with van der Waals surface area (Å²) in [6.45, 7) is -0.252. The maximum absolute atomic E-state index is 15.1. The molecule has 1 saturated carbocycles. The highest BCUT2D eigenvalue weighted by Crippen LogP contribution is 2.45. The molecule has 0 unspecified atom stereocenters. The fourth-order valence-corrected chi connectivity index (χ4v) is 9.43. The van der Waals surface area contributed by atoms with Gasteiger partial charge in [0.2, 0.25) is 0 Å². The Hall–Kier alpha value is -5.62. The van der Waals surface area contributed by atoms with Crippen molar-refractivity contribution in [3.8, 4) is 17.2 Å². The van der Waals surface area contributed by atoms with E-state index in [0.717, 1.165) is 47.9 Å². The van der Waals surface area contributed by atoms with E-state index in [4.69, 9.17) is 10.1 Å². The second-order valence-corrected chi connectivity index (χ2v) is 16.7. The number of aryl methyl sites for hydroxylation is 2. The summed E-state index contributed by atoms with van der Waals surface area (Å²) in [5, 5.41) is 60.3. The smallest absolute Gasteiger partial charge is 0.163 e. The van der Waals surface area contributed by atoms with Crippen molar-refractivity contribution >= 4 is 23.5 Å². The summed E-state index contributed by atoms with van der Waals surface area (Å²) < 4.78 is 6.33. The fraction of sp³-hybridized carbons (Fsp3) is 0.388. The third-order valence-corrected chi connectivity index (χ3v) is 12.6. The molecule has 314 valence electrons. The number of rotatable bonds is 9. The van der Waals surface area contributed by atoms with Crippen LogP contribution in [0, 0.1) is 11.8 Å². The third kappa shape index (κ3) is 9.08. The number of phenols is 2. The predicted molar refractivity (Wildman–Crippen MR) is 228 cm³/mol. The first-order valence-corrected chi connectivity index (χ1v) is 21.2. The fourth-order valence-electron chi connectivity index (χ4n) is 9.43. The van der Waals surface area contributed by atoms with E-state index < -0.39 is 30.0 Å². The summed E-state index contributed by atoms with van der Waals surface area (Å²) >= 11 is 0. The molecule has 2 aromatic heterocycles. The van der Waals surface area contributed by atoms with Crippen LogP contribution < -0.4 is 9.72 Å². The first kappa shape index (κ1) is 41.1. The number of hydrogen-bond acceptors (Lipinski definition) is 8. The second kappa shape index (κ2) is 18.3. The SMILES string of the molecule is O=C1CCc2cc(OC3CCCC3)c(O)c(c2)[C@@H](O)c2cccc(c2)Cc2cc[nH]c2[N-]CC2=Cc3[n-]ccc3[C@@H](C[C@H](O)CCc3cccc(O)c3)[C@@H]2C(=O)[C@@H]1CCO. The van der Waals surface area contributed by atoms with Crippen LogP contribution >= 0.6 is 0 Å². The summed E-state index contributed by atoms with van der Waals surface area (Å²) in [5.41, 5.74) is 6.41. The van der Waals surface area contributed by atoms with E-state index in [1.54, 1.807) is 36.5 Å². The van der Waals surface area contributed by atoms with Gasteiger partial charge in [0, 0.05) is 24.5 Å². The number of carbonyl (C=O) groups excluding carboxylic acids is 2. The predicted octanol–water partition coefficient (Wildman–Crippen LogP) is 7.65. The number of fused-ring (bicyclic) bond motifs is 7. The normalized spacial score (nSPS) is 21.7. The summed E-state index contributed by atoms with van der Waals surface area (Å²) in [5.74, 6) is -2.27. The van der Waals surface area contributed by atoms with E-state index in [-0.39, 0.29) is 79.3 Å². The number of H-pyrrole nitrogens is 1. The van der Waals surface area contributed by atoms with Crippen LogP contribution in [0.25, 0.3) is 11.4 Å². The number of aromatic nitrogens is 2. The van der Waals surface area contributed by atoms with Gasteiger partial charge in [0.1, 0.15) is 17.6 Å². The molecular formula is C49H53N3O8-2. The molecule has 60 heavy (non-hydrogen) atoms. The standard InChI is InChI=1S/C49H53N3O8/c53-20-17-39-43(56)14-12-31-24-41(47(58)44(25-31)60-37-9-1-2-10-37)46(57)32-7-3-6-30(21-32)22-33-15-18-51-49(33)52-28-34-26-42-38(16-19-50-42)40(45(34)48(39)59)27-36(55)13-11-29-5-4-8-35(54)23-29/h3-8,15-16,18-19,21,23-26,36-37,39-40,45-46,51,53-55,57-58H,1-2,9-14,17,20,22,27-28H2/q-2/t36-,39-,40-,45-,46+/m1/s1. The van der Waals surface area contributed by atoms with Gasteiger partial charge in [0.25, 0.3) is 0 Å². The lowest BCUT2D eigenvalue weighted by molar-refractivity contribution is -0.135. The number of phenolic OH excluding ortho intramolecular Hbond substituents is 2. The topological polar surface area (TPSA) is 189 Å². The highest BCUT2D eigenvalue weighted by Gasteiger charge is 2.41. The molecule has 5 atom stereocenters. The molecule has 11 nitrogen and oxygen atoms in total. The Labute approximate surface area is 350 Å². The Bertz CT molecular complexity index is 2340.